The van der Waals surface area contributed by atoms with E-state index in [0.717, 1.165) is 26.9 Å². The van der Waals surface area contributed by atoms with Crippen LogP contribution in [0.2, 0.25) is 0 Å². The summed E-state index contributed by atoms with van der Waals surface area (Å²) >= 11 is 3.49. The van der Waals surface area contributed by atoms with Crippen molar-refractivity contribution >= 4 is 39.2 Å². The number of furan rings is 1. The first-order valence-electron chi connectivity index (χ1n) is 5.51. The van der Waals surface area contributed by atoms with Crippen molar-refractivity contribution in [3.05, 3.63) is 51.9 Å². The van der Waals surface area contributed by atoms with E-state index in [1.807, 2.05) is 31.2 Å². The Balaban J connectivity index is 2.20. The van der Waals surface area contributed by atoms with Crippen LogP contribution in [-0.2, 0) is 4.79 Å². The molecule has 0 aliphatic carbocycles. The first-order chi connectivity index (χ1) is 8.66. The van der Waals surface area contributed by atoms with Gasteiger partial charge in [0.15, 0.2) is 0 Å². The number of nitrogens with one attached hydrogen (secondary N) is 1. The Morgan fingerprint density at radius 1 is 1.33 bits per heavy atom. The molecular weight excluding hydrogens is 294 g/mol. The third-order valence-corrected chi connectivity index (χ3v) is 3.87. The zero-order chi connectivity index (χ0) is 12.7. The molecule has 0 bridgehead atoms. The minimum Gasteiger partial charge on any atom is -0.472 e. The Hall–Kier alpha value is -1.81. The number of halogens is 1. The monoisotopic (exact) mass is 303 g/mol. The second kappa shape index (κ2) is 4.14. The van der Waals surface area contributed by atoms with Crippen molar-refractivity contribution in [1.29, 1.82) is 0 Å². The van der Waals surface area contributed by atoms with Crippen LogP contribution in [0.15, 0.2) is 39.6 Å². The van der Waals surface area contributed by atoms with Crippen LogP contribution in [0.3, 0.4) is 0 Å². The average molecular weight is 304 g/mol. The number of hydrogen-bond acceptors (Lipinski definition) is 2. The maximum atomic E-state index is 12.0. The zero-order valence-corrected chi connectivity index (χ0v) is 11.2. The topological polar surface area (TPSA) is 42.2 Å². The molecule has 90 valence electrons. The molecule has 0 atom stereocenters. The summed E-state index contributed by atoms with van der Waals surface area (Å²) in [5.41, 5.74) is 4.42. The normalized spacial score (nSPS) is 15.9. The van der Waals surface area contributed by atoms with E-state index in [9.17, 15) is 4.79 Å². The van der Waals surface area contributed by atoms with Gasteiger partial charge in [-0.15, -0.1) is 0 Å². The summed E-state index contributed by atoms with van der Waals surface area (Å²) in [4.78, 5) is 12.0. The number of rotatable bonds is 1. The van der Waals surface area contributed by atoms with Crippen LogP contribution in [0.25, 0.3) is 11.6 Å². The second-order valence-corrected chi connectivity index (χ2v) is 5.02. The molecule has 2 heterocycles. The molecule has 4 heteroatoms. The molecule has 0 saturated carbocycles. The van der Waals surface area contributed by atoms with E-state index in [-0.39, 0.29) is 5.91 Å². The lowest BCUT2D eigenvalue weighted by Gasteiger charge is -2.05. The van der Waals surface area contributed by atoms with E-state index < -0.39 is 0 Å². The van der Waals surface area contributed by atoms with Gasteiger partial charge in [-0.1, -0.05) is 15.9 Å². The van der Waals surface area contributed by atoms with Gasteiger partial charge in [-0.25, -0.2) is 0 Å². The van der Waals surface area contributed by atoms with Crippen LogP contribution in [0.5, 0.6) is 0 Å². The highest BCUT2D eigenvalue weighted by atomic mass is 79.9. The molecular formula is C14H10BrNO2. The van der Waals surface area contributed by atoms with E-state index in [4.69, 9.17) is 4.42 Å². The van der Waals surface area contributed by atoms with Gasteiger partial charge in [-0.05, 0) is 36.8 Å². The van der Waals surface area contributed by atoms with Gasteiger partial charge in [0.1, 0.15) is 0 Å². The van der Waals surface area contributed by atoms with Gasteiger partial charge in [-0.3, -0.25) is 4.79 Å². The Morgan fingerprint density at radius 3 is 2.89 bits per heavy atom. The number of fused-ring (bicyclic) bond motifs is 1. The van der Waals surface area contributed by atoms with E-state index in [0.29, 0.717) is 5.57 Å². The number of hydrogen-bond donors (Lipinski definition) is 1. The lowest BCUT2D eigenvalue weighted by Crippen LogP contribution is -2.03. The van der Waals surface area contributed by atoms with Crippen molar-refractivity contribution in [3.8, 4) is 0 Å². The standard InChI is InChI=1S/C14H10BrNO2/c1-8-11(15)2-3-12-13(8)10(14(17)16-12)6-9-4-5-18-7-9/h2-7H,1H3,(H,16,17). The molecule has 0 spiro atoms. The molecule has 1 aromatic carbocycles. The van der Waals surface area contributed by atoms with Crippen molar-refractivity contribution in [1.82, 2.24) is 0 Å². The van der Waals surface area contributed by atoms with Gasteiger partial charge in [0, 0.05) is 21.3 Å². The highest BCUT2D eigenvalue weighted by molar-refractivity contribution is 9.10. The summed E-state index contributed by atoms with van der Waals surface area (Å²) in [5, 5.41) is 2.87. The van der Waals surface area contributed by atoms with Gasteiger partial charge in [0.05, 0.1) is 18.1 Å². The summed E-state index contributed by atoms with van der Waals surface area (Å²) in [6.45, 7) is 1.99. The number of carbonyl (C=O) groups is 1. The molecule has 0 unspecified atom stereocenters. The molecule has 1 amide bonds. The highest BCUT2D eigenvalue weighted by Crippen LogP contribution is 2.38. The molecule has 0 radical (unpaired) electrons. The summed E-state index contributed by atoms with van der Waals surface area (Å²) in [6, 6.07) is 5.67. The molecule has 0 fully saturated rings. The maximum Gasteiger partial charge on any atom is 0.256 e. The minimum atomic E-state index is -0.0765. The quantitative estimate of drug-likeness (QED) is 0.813. The van der Waals surface area contributed by atoms with Crippen molar-refractivity contribution in [2.45, 2.75) is 6.92 Å². The fourth-order valence-electron chi connectivity index (χ4n) is 2.10. The van der Waals surface area contributed by atoms with Gasteiger partial charge < -0.3 is 9.73 Å². The van der Waals surface area contributed by atoms with E-state index in [2.05, 4.69) is 21.2 Å². The fraction of sp³-hybridized carbons (Fsp3) is 0.0714. The molecule has 3 nitrogen and oxygen atoms in total. The predicted molar refractivity (Wildman–Crippen MR) is 74.1 cm³/mol. The third kappa shape index (κ3) is 1.69. The van der Waals surface area contributed by atoms with Gasteiger partial charge in [0.2, 0.25) is 0 Å². The van der Waals surface area contributed by atoms with Gasteiger partial charge in [-0.2, -0.15) is 0 Å². The summed E-state index contributed by atoms with van der Waals surface area (Å²) in [6.07, 6.45) is 5.05. The first-order valence-corrected chi connectivity index (χ1v) is 6.31. The molecule has 2 aromatic rings. The van der Waals surface area contributed by atoms with E-state index >= 15 is 0 Å². The van der Waals surface area contributed by atoms with E-state index in [1.165, 1.54) is 0 Å². The number of carbonyl (C=O) groups excluding carboxylic acids is 1. The number of amides is 1. The Labute approximate surface area is 113 Å². The molecule has 1 aromatic heterocycles. The van der Waals surface area contributed by atoms with Gasteiger partial charge in [0.25, 0.3) is 5.91 Å². The molecule has 1 aliphatic heterocycles. The SMILES string of the molecule is Cc1c(Br)ccc2c1C(=Cc1ccoc1)C(=O)N2. The second-order valence-electron chi connectivity index (χ2n) is 4.16. The van der Waals surface area contributed by atoms with Crippen molar-refractivity contribution in [2.24, 2.45) is 0 Å². The van der Waals surface area contributed by atoms with Crippen molar-refractivity contribution in [2.75, 3.05) is 5.32 Å². The third-order valence-electron chi connectivity index (χ3n) is 3.02. The molecule has 0 saturated heterocycles. The Morgan fingerprint density at radius 2 is 2.17 bits per heavy atom. The first kappa shape index (κ1) is 11.3. The summed E-state index contributed by atoms with van der Waals surface area (Å²) in [7, 11) is 0. The lowest BCUT2D eigenvalue weighted by atomic mass is 10.0. The van der Waals surface area contributed by atoms with Crippen LogP contribution in [0.1, 0.15) is 16.7 Å². The Bertz CT molecular complexity index is 657. The predicted octanol–water partition coefficient (Wildman–Crippen LogP) is 3.84. The van der Waals surface area contributed by atoms with Crippen LogP contribution in [0.4, 0.5) is 5.69 Å². The fourth-order valence-corrected chi connectivity index (χ4v) is 2.43. The molecule has 1 N–H and O–H groups in total. The molecule has 18 heavy (non-hydrogen) atoms. The average Bonchev–Trinajstić information content (AvgIpc) is 2.94. The summed E-state index contributed by atoms with van der Waals surface area (Å²) in [5.74, 6) is -0.0765. The lowest BCUT2D eigenvalue weighted by molar-refractivity contribution is -0.110. The van der Waals surface area contributed by atoms with Crippen LogP contribution < -0.4 is 5.32 Å². The van der Waals surface area contributed by atoms with Gasteiger partial charge >= 0.3 is 0 Å². The van der Waals surface area contributed by atoms with Crippen molar-refractivity contribution in [3.63, 3.8) is 0 Å². The van der Waals surface area contributed by atoms with Crippen LogP contribution in [0, 0.1) is 6.92 Å². The molecule has 1 aliphatic rings. The molecule has 3 rings (SSSR count). The van der Waals surface area contributed by atoms with Crippen LogP contribution >= 0.6 is 15.9 Å². The zero-order valence-electron chi connectivity index (χ0n) is 9.66. The Kier molecular flexibility index (Phi) is 2.59. The van der Waals surface area contributed by atoms with Crippen molar-refractivity contribution < 1.29 is 9.21 Å². The number of benzene rings is 1. The smallest absolute Gasteiger partial charge is 0.256 e. The largest absolute Gasteiger partial charge is 0.472 e. The minimum absolute atomic E-state index is 0.0765. The summed E-state index contributed by atoms with van der Waals surface area (Å²) < 4.78 is 6.01. The maximum absolute atomic E-state index is 12.0. The van der Waals surface area contributed by atoms with E-state index in [1.54, 1.807) is 12.5 Å². The van der Waals surface area contributed by atoms with Crippen LogP contribution in [-0.4, -0.2) is 5.91 Å². The number of anilines is 1. The highest BCUT2D eigenvalue weighted by Gasteiger charge is 2.26.